The van der Waals surface area contributed by atoms with Gasteiger partial charge in [0.15, 0.2) is 0 Å². The molecule has 0 bridgehead atoms. The molecule has 0 fully saturated rings. The van der Waals surface area contributed by atoms with Crippen LogP contribution in [0.1, 0.15) is 68.2 Å². The molecule has 0 radical (unpaired) electrons. The van der Waals surface area contributed by atoms with Crippen molar-refractivity contribution < 1.29 is 68.2 Å². The summed E-state index contributed by atoms with van der Waals surface area (Å²) in [6.07, 6.45) is 25.5. The number of benzene rings is 2. The smallest absolute Gasteiger partial charge is 1.00 e. The fourth-order valence-corrected chi connectivity index (χ4v) is 11.6. The molecule has 2 aliphatic rings. The van der Waals surface area contributed by atoms with E-state index in [4.69, 9.17) is 0 Å². The van der Waals surface area contributed by atoms with Crippen LogP contribution < -0.4 is 35.4 Å². The van der Waals surface area contributed by atoms with Crippen LogP contribution in [0.5, 0.6) is 0 Å². The average Bonchev–Trinajstić information content (AvgIpc) is 3.84. The third kappa shape index (κ3) is 20.1. The molecule has 2 aliphatic carbocycles. The largest absolute Gasteiger partial charge is 2.00 e. The molecule has 0 atom stereocenters. The zero-order chi connectivity index (χ0) is 33.3. The SMILES string of the molecule is CC(C)CP(CC(C)C)c1cc2ccccc2[cH-]1.CC(C)CP(CC(C)C)c1cc2ccccc2[cH-]1.[C-]1=CC=CC1.[C-]1=CC=CC1.[Cl-].[Cl-].[Ti+2].[Ti+2]. The normalized spacial score (nSPS) is 12.3. The van der Waals surface area contributed by atoms with Gasteiger partial charge in [0.25, 0.3) is 0 Å². The Hall–Kier alpha value is -0.511. The van der Waals surface area contributed by atoms with E-state index in [2.05, 4.69) is 152 Å². The molecular weight excluding hydrogens is 757 g/mol. The zero-order valence-electron chi connectivity index (χ0n) is 31.6. The molecule has 0 saturated heterocycles. The van der Waals surface area contributed by atoms with Gasteiger partial charge in [-0.05, 0) is 48.3 Å². The van der Waals surface area contributed by atoms with Crippen molar-refractivity contribution in [3.63, 3.8) is 0 Å². The van der Waals surface area contributed by atoms with Crippen molar-refractivity contribution in [3.8, 4) is 0 Å². The summed E-state index contributed by atoms with van der Waals surface area (Å²) in [6.45, 7) is 18.8. The zero-order valence-corrected chi connectivity index (χ0v) is 38.0. The van der Waals surface area contributed by atoms with E-state index in [0.29, 0.717) is 0 Å². The van der Waals surface area contributed by atoms with Gasteiger partial charge < -0.3 is 24.8 Å². The van der Waals surface area contributed by atoms with Gasteiger partial charge in [-0.3, -0.25) is 12.2 Å². The first kappa shape index (κ1) is 51.6. The second-order valence-corrected chi connectivity index (χ2v) is 18.7. The summed E-state index contributed by atoms with van der Waals surface area (Å²) in [5.41, 5.74) is 0. The Balaban J connectivity index is 0. The minimum atomic E-state index is 0. The molecule has 6 rings (SSSR count). The van der Waals surface area contributed by atoms with E-state index in [-0.39, 0.29) is 84.1 Å². The molecule has 0 amide bonds. The van der Waals surface area contributed by atoms with Crippen LogP contribution in [0.3, 0.4) is 0 Å². The van der Waals surface area contributed by atoms with E-state index in [0.717, 1.165) is 36.5 Å². The van der Waals surface area contributed by atoms with E-state index in [1.54, 1.807) is 10.6 Å². The van der Waals surface area contributed by atoms with Crippen molar-refractivity contribution in [2.45, 2.75) is 68.2 Å². The summed E-state index contributed by atoms with van der Waals surface area (Å²) in [7, 11) is 0.0370. The van der Waals surface area contributed by atoms with Gasteiger partial charge in [0.1, 0.15) is 0 Å². The van der Waals surface area contributed by atoms with Gasteiger partial charge in [0.2, 0.25) is 0 Å². The maximum atomic E-state index is 2.99. The number of hydrogen-bond acceptors (Lipinski definition) is 0. The minimum absolute atomic E-state index is 0. The van der Waals surface area contributed by atoms with Gasteiger partial charge in [0.05, 0.1) is 0 Å². The molecule has 0 aromatic heterocycles. The van der Waals surface area contributed by atoms with Crippen LogP contribution in [0.2, 0.25) is 0 Å². The molecular formula is C44H58Cl2P2Ti2-2. The van der Waals surface area contributed by atoms with Crippen LogP contribution in [0, 0.1) is 35.8 Å². The molecule has 0 saturated carbocycles. The Morgan fingerprint density at radius 2 is 0.860 bits per heavy atom. The van der Waals surface area contributed by atoms with Crippen LogP contribution in [-0.4, -0.2) is 24.6 Å². The van der Waals surface area contributed by atoms with Gasteiger partial charge in [0, 0.05) is 0 Å². The van der Waals surface area contributed by atoms with Crippen LogP contribution in [0.25, 0.3) is 21.5 Å². The van der Waals surface area contributed by atoms with Crippen molar-refractivity contribution in [3.05, 3.63) is 121 Å². The molecule has 0 aliphatic heterocycles. The maximum Gasteiger partial charge on any atom is 2.00 e. The summed E-state index contributed by atoms with van der Waals surface area (Å²) >= 11 is 0. The van der Waals surface area contributed by atoms with Gasteiger partial charge in [-0.2, -0.15) is 24.3 Å². The number of allylic oxidation sites excluding steroid dienone is 8. The Labute approximate surface area is 351 Å². The molecule has 4 aromatic rings. The van der Waals surface area contributed by atoms with Crippen molar-refractivity contribution in [1.29, 1.82) is 0 Å². The van der Waals surface area contributed by atoms with Crippen LogP contribution in [0.15, 0.2) is 109 Å². The van der Waals surface area contributed by atoms with Crippen molar-refractivity contribution in [2.75, 3.05) is 24.6 Å². The first-order chi connectivity index (χ1) is 22.1. The monoisotopic (exact) mass is 814 g/mol. The number of rotatable bonds is 10. The third-order valence-electron chi connectivity index (χ3n) is 7.45. The summed E-state index contributed by atoms with van der Waals surface area (Å²) in [5.74, 6) is 3.20. The first-order valence-electron chi connectivity index (χ1n) is 17.4. The molecule has 0 spiro atoms. The van der Waals surface area contributed by atoms with E-state index in [1.165, 1.54) is 46.2 Å². The molecule has 50 heavy (non-hydrogen) atoms. The quantitative estimate of drug-likeness (QED) is 0.0967. The molecule has 0 unspecified atom stereocenters. The van der Waals surface area contributed by atoms with E-state index in [9.17, 15) is 0 Å². The van der Waals surface area contributed by atoms with Crippen LogP contribution in [-0.2, 0) is 43.4 Å². The maximum absolute atomic E-state index is 2.99. The Morgan fingerprint density at radius 3 is 1.08 bits per heavy atom. The fraction of sp³-hybridized carbons (Fsp3) is 0.409. The van der Waals surface area contributed by atoms with Gasteiger partial charge in [-0.1, -0.05) is 83.4 Å². The van der Waals surface area contributed by atoms with Crippen LogP contribution >= 0.6 is 15.8 Å². The molecule has 4 aromatic carbocycles. The third-order valence-corrected chi connectivity index (χ3v) is 14.1. The molecule has 0 heterocycles. The summed E-state index contributed by atoms with van der Waals surface area (Å²) in [4.78, 5) is 0. The first-order valence-corrected chi connectivity index (χ1v) is 20.8. The molecule has 268 valence electrons. The standard InChI is InChI=1S/2C17H24P.2C5H5.2ClH.2Ti/c2*1-13(2)11-18(12-14(3)4)17-9-15-7-5-6-8-16(15)10-17;2*1-2-4-5-3-1;;;;/h2*5-10,13-14H,11-12H2,1-4H3;2*1-3H,4H2;2*1H;;/q4*-1;;;2*+2/p-2. The van der Waals surface area contributed by atoms with E-state index >= 15 is 0 Å². The topological polar surface area (TPSA) is 0 Å². The van der Waals surface area contributed by atoms with Crippen LogP contribution in [0.4, 0.5) is 0 Å². The van der Waals surface area contributed by atoms with E-state index < -0.39 is 0 Å². The Morgan fingerprint density at radius 1 is 0.540 bits per heavy atom. The summed E-state index contributed by atoms with van der Waals surface area (Å²) < 4.78 is 0. The van der Waals surface area contributed by atoms with Gasteiger partial charge >= 0.3 is 43.4 Å². The number of fused-ring (bicyclic) bond motifs is 2. The summed E-state index contributed by atoms with van der Waals surface area (Å²) in [5, 5.41) is 8.85. The molecule has 0 N–H and O–H groups in total. The molecule has 0 nitrogen and oxygen atoms in total. The molecule has 6 heteroatoms. The number of halogens is 2. The van der Waals surface area contributed by atoms with Crippen molar-refractivity contribution >= 4 is 48.0 Å². The Bertz CT molecular complexity index is 1320. The number of hydrogen-bond donors (Lipinski definition) is 0. The predicted molar refractivity (Wildman–Crippen MR) is 214 cm³/mol. The van der Waals surface area contributed by atoms with Gasteiger partial charge in [-0.25, -0.2) is 24.3 Å². The van der Waals surface area contributed by atoms with Crippen molar-refractivity contribution in [1.82, 2.24) is 0 Å². The summed E-state index contributed by atoms with van der Waals surface area (Å²) in [6, 6.07) is 27.2. The average molecular weight is 816 g/mol. The minimum Gasteiger partial charge on any atom is -1.00 e. The Kier molecular flexibility index (Phi) is 29.8. The fourth-order valence-electron chi connectivity index (χ4n) is 5.65. The van der Waals surface area contributed by atoms with Crippen molar-refractivity contribution in [2.24, 2.45) is 23.7 Å². The van der Waals surface area contributed by atoms with Gasteiger partial charge in [-0.15, -0.1) is 93.5 Å². The second kappa shape index (κ2) is 28.9. The predicted octanol–water partition coefficient (Wildman–Crippen LogP) is 6.57. The van der Waals surface area contributed by atoms with E-state index in [1.807, 2.05) is 24.3 Å². The second-order valence-electron chi connectivity index (χ2n) is 14.1.